The van der Waals surface area contributed by atoms with Gasteiger partial charge in [0.15, 0.2) is 17.7 Å². The quantitative estimate of drug-likeness (QED) is 0.688. The number of benzene rings is 2. The molecule has 0 bridgehead atoms. The second-order valence-electron chi connectivity index (χ2n) is 6.41. The molecule has 7 nitrogen and oxygen atoms in total. The maximum absolute atomic E-state index is 13.1. The molecule has 0 fully saturated rings. The smallest absolute Gasteiger partial charge is 0.262 e. The van der Waals surface area contributed by atoms with Crippen LogP contribution in [0.1, 0.15) is 22.2 Å². The number of methoxy groups -OCH3 is 3. The predicted octanol–water partition coefficient (Wildman–Crippen LogP) is 3.88. The third kappa shape index (κ3) is 3.20. The fourth-order valence-corrected chi connectivity index (χ4v) is 3.50. The summed E-state index contributed by atoms with van der Waals surface area (Å²) in [7, 11) is 4.68. The molecule has 7 heteroatoms. The number of rotatable bonds is 6. The van der Waals surface area contributed by atoms with Crippen molar-refractivity contribution < 1.29 is 19.0 Å². The van der Waals surface area contributed by atoms with Crippen molar-refractivity contribution in [3.63, 3.8) is 0 Å². The van der Waals surface area contributed by atoms with Gasteiger partial charge in [-0.2, -0.15) is 0 Å². The highest BCUT2D eigenvalue weighted by Gasteiger charge is 2.39. The van der Waals surface area contributed by atoms with Crippen LogP contribution in [-0.2, 0) is 0 Å². The van der Waals surface area contributed by atoms with E-state index in [9.17, 15) is 4.79 Å². The summed E-state index contributed by atoms with van der Waals surface area (Å²) in [5.74, 6) is 1.43. The van der Waals surface area contributed by atoms with Gasteiger partial charge in [-0.05, 0) is 24.3 Å². The molecule has 1 aliphatic rings. The summed E-state index contributed by atoms with van der Waals surface area (Å²) in [4.78, 5) is 19.3. The maximum Gasteiger partial charge on any atom is 0.262 e. The van der Waals surface area contributed by atoms with Crippen LogP contribution in [0.15, 0.2) is 60.8 Å². The lowest BCUT2D eigenvalue weighted by molar-refractivity contribution is 0.0993. The molecular weight excluding hydrogens is 370 g/mol. The normalized spacial score (nSPS) is 15.1. The summed E-state index contributed by atoms with van der Waals surface area (Å²) in [5, 5.41) is 3.40. The standard InChI is InChI=1S/C22H21N3O4/c1-27-17-12-14(13-18(28-2)20(17)29-3)24-21-19-16(10-7-11-23-19)22(26)25(21)15-8-5-4-6-9-15/h4-13,21,24H,1-3H3. The number of aromatic nitrogens is 1. The van der Waals surface area contributed by atoms with Crippen LogP contribution >= 0.6 is 0 Å². The molecule has 1 aromatic heterocycles. The Balaban J connectivity index is 1.79. The first-order valence-corrected chi connectivity index (χ1v) is 9.08. The zero-order chi connectivity index (χ0) is 20.4. The Kier molecular flexibility index (Phi) is 4.95. The Labute approximate surface area is 168 Å². The second-order valence-corrected chi connectivity index (χ2v) is 6.41. The zero-order valence-corrected chi connectivity index (χ0v) is 16.4. The lowest BCUT2D eigenvalue weighted by Crippen LogP contribution is -2.32. The molecule has 4 rings (SSSR count). The van der Waals surface area contributed by atoms with Crippen LogP contribution in [0, 0.1) is 0 Å². The number of anilines is 2. The zero-order valence-electron chi connectivity index (χ0n) is 16.4. The van der Waals surface area contributed by atoms with Crippen LogP contribution in [0.25, 0.3) is 0 Å². The molecule has 0 saturated carbocycles. The van der Waals surface area contributed by atoms with Gasteiger partial charge < -0.3 is 19.5 Å². The van der Waals surface area contributed by atoms with Crippen molar-refractivity contribution in [2.45, 2.75) is 6.17 Å². The van der Waals surface area contributed by atoms with Gasteiger partial charge in [-0.1, -0.05) is 18.2 Å². The first kappa shape index (κ1) is 18.6. The number of hydrogen-bond donors (Lipinski definition) is 1. The van der Waals surface area contributed by atoms with E-state index in [4.69, 9.17) is 14.2 Å². The summed E-state index contributed by atoms with van der Waals surface area (Å²) < 4.78 is 16.3. The van der Waals surface area contributed by atoms with E-state index in [1.165, 1.54) is 0 Å². The topological polar surface area (TPSA) is 72.9 Å². The number of fused-ring (bicyclic) bond motifs is 1. The molecule has 1 atom stereocenters. The first-order chi connectivity index (χ1) is 14.2. The van der Waals surface area contributed by atoms with Gasteiger partial charge in [-0.25, -0.2) is 0 Å². The van der Waals surface area contributed by atoms with Crippen LogP contribution in [-0.4, -0.2) is 32.2 Å². The minimum Gasteiger partial charge on any atom is -0.493 e. The summed E-state index contributed by atoms with van der Waals surface area (Å²) in [6, 6.07) is 16.7. The van der Waals surface area contributed by atoms with Gasteiger partial charge >= 0.3 is 0 Å². The fraction of sp³-hybridized carbons (Fsp3) is 0.182. The van der Waals surface area contributed by atoms with E-state index in [1.54, 1.807) is 56.7 Å². The van der Waals surface area contributed by atoms with Gasteiger partial charge in [0.05, 0.1) is 32.6 Å². The number of ether oxygens (including phenoxy) is 3. The van der Waals surface area contributed by atoms with E-state index in [0.717, 1.165) is 5.69 Å². The van der Waals surface area contributed by atoms with Crippen LogP contribution < -0.4 is 24.4 Å². The van der Waals surface area contributed by atoms with Crippen molar-refractivity contribution >= 4 is 17.3 Å². The predicted molar refractivity (Wildman–Crippen MR) is 110 cm³/mol. The highest BCUT2D eigenvalue weighted by molar-refractivity contribution is 6.11. The van der Waals surface area contributed by atoms with Crippen molar-refractivity contribution in [1.29, 1.82) is 0 Å². The molecule has 148 valence electrons. The number of pyridine rings is 1. The average molecular weight is 391 g/mol. The molecule has 3 aromatic rings. The van der Waals surface area contributed by atoms with Crippen molar-refractivity contribution in [2.24, 2.45) is 0 Å². The Morgan fingerprint density at radius 1 is 0.931 bits per heavy atom. The van der Waals surface area contributed by atoms with E-state index < -0.39 is 6.17 Å². The SMILES string of the molecule is COc1cc(NC2c3ncccc3C(=O)N2c2ccccc2)cc(OC)c1OC. The highest BCUT2D eigenvalue weighted by atomic mass is 16.5. The van der Waals surface area contributed by atoms with Gasteiger partial charge in [0.2, 0.25) is 5.75 Å². The van der Waals surface area contributed by atoms with Crippen LogP contribution in [0.3, 0.4) is 0 Å². The number of nitrogens with zero attached hydrogens (tertiary/aromatic N) is 2. The Bertz CT molecular complexity index is 1010. The molecule has 1 unspecified atom stereocenters. The molecular formula is C22H21N3O4. The number of para-hydroxylation sites is 1. The van der Waals surface area contributed by atoms with Crippen molar-refractivity contribution in [1.82, 2.24) is 4.98 Å². The molecule has 1 N–H and O–H groups in total. The Hall–Kier alpha value is -3.74. The molecule has 2 heterocycles. The van der Waals surface area contributed by atoms with Gasteiger partial charge in [0.25, 0.3) is 5.91 Å². The molecule has 29 heavy (non-hydrogen) atoms. The van der Waals surface area contributed by atoms with E-state index in [0.29, 0.717) is 34.2 Å². The van der Waals surface area contributed by atoms with Gasteiger partial charge in [-0.15, -0.1) is 0 Å². The van der Waals surface area contributed by atoms with Crippen LogP contribution in [0.5, 0.6) is 17.2 Å². The number of carbonyl (C=O) groups excluding carboxylic acids is 1. The molecule has 2 aromatic carbocycles. The largest absolute Gasteiger partial charge is 0.493 e. The Morgan fingerprint density at radius 3 is 2.24 bits per heavy atom. The van der Waals surface area contributed by atoms with E-state index in [-0.39, 0.29) is 5.91 Å². The monoisotopic (exact) mass is 391 g/mol. The molecule has 0 saturated heterocycles. The van der Waals surface area contributed by atoms with Crippen LogP contribution in [0.4, 0.5) is 11.4 Å². The number of carbonyl (C=O) groups is 1. The molecule has 1 amide bonds. The molecule has 0 spiro atoms. The van der Waals surface area contributed by atoms with Gasteiger partial charge in [0, 0.05) is 29.7 Å². The lowest BCUT2D eigenvalue weighted by Gasteiger charge is -2.27. The summed E-state index contributed by atoms with van der Waals surface area (Å²) in [6.45, 7) is 0. The number of amides is 1. The third-order valence-corrected chi connectivity index (χ3v) is 4.81. The Morgan fingerprint density at radius 2 is 1.62 bits per heavy atom. The minimum absolute atomic E-state index is 0.107. The van der Waals surface area contributed by atoms with Crippen molar-refractivity contribution in [3.05, 3.63) is 72.1 Å². The lowest BCUT2D eigenvalue weighted by atomic mass is 10.2. The first-order valence-electron chi connectivity index (χ1n) is 9.08. The average Bonchev–Trinajstić information content (AvgIpc) is 3.05. The molecule has 0 radical (unpaired) electrons. The van der Waals surface area contributed by atoms with Crippen molar-refractivity contribution in [2.75, 3.05) is 31.5 Å². The molecule has 0 aliphatic carbocycles. The van der Waals surface area contributed by atoms with Gasteiger partial charge in [-0.3, -0.25) is 14.7 Å². The summed E-state index contributed by atoms with van der Waals surface area (Å²) in [5.41, 5.74) is 2.72. The highest BCUT2D eigenvalue weighted by Crippen LogP contribution is 2.42. The van der Waals surface area contributed by atoms with Crippen molar-refractivity contribution in [3.8, 4) is 17.2 Å². The number of hydrogen-bond acceptors (Lipinski definition) is 6. The third-order valence-electron chi connectivity index (χ3n) is 4.81. The van der Waals surface area contributed by atoms with E-state index >= 15 is 0 Å². The maximum atomic E-state index is 13.1. The van der Waals surface area contributed by atoms with Gasteiger partial charge in [0.1, 0.15) is 0 Å². The number of nitrogens with one attached hydrogen (secondary N) is 1. The second kappa shape index (κ2) is 7.71. The summed E-state index contributed by atoms with van der Waals surface area (Å²) in [6.07, 6.45) is 1.20. The van der Waals surface area contributed by atoms with E-state index in [2.05, 4.69) is 10.3 Å². The molecule has 1 aliphatic heterocycles. The van der Waals surface area contributed by atoms with E-state index in [1.807, 2.05) is 30.3 Å². The van der Waals surface area contributed by atoms with Crippen LogP contribution in [0.2, 0.25) is 0 Å². The fourth-order valence-electron chi connectivity index (χ4n) is 3.50. The summed E-state index contributed by atoms with van der Waals surface area (Å²) >= 11 is 0. The minimum atomic E-state index is -0.482.